The molecule has 0 atom stereocenters. The lowest BCUT2D eigenvalue weighted by Gasteiger charge is -2.07. The first-order valence-corrected chi connectivity index (χ1v) is 7.07. The van der Waals surface area contributed by atoms with Gasteiger partial charge in [-0.3, -0.25) is 4.98 Å². The topological polar surface area (TPSA) is 63.8 Å². The number of thiazole rings is 1. The van der Waals surface area contributed by atoms with Crippen LogP contribution in [0.1, 0.15) is 5.56 Å². The van der Waals surface area contributed by atoms with Crippen LogP contribution >= 0.6 is 11.3 Å². The molecular formula is C15H14N4S. The average molecular weight is 282 g/mol. The molecule has 3 N–H and O–H groups in total. The molecule has 0 saturated heterocycles. The summed E-state index contributed by atoms with van der Waals surface area (Å²) in [6.45, 7) is 0.775. The van der Waals surface area contributed by atoms with Gasteiger partial charge in [0.1, 0.15) is 0 Å². The van der Waals surface area contributed by atoms with Gasteiger partial charge >= 0.3 is 0 Å². The molecule has 0 unspecified atom stereocenters. The van der Waals surface area contributed by atoms with Crippen LogP contribution in [0.15, 0.2) is 55.0 Å². The summed E-state index contributed by atoms with van der Waals surface area (Å²) in [5.41, 5.74) is 8.91. The predicted molar refractivity (Wildman–Crippen MR) is 83.5 cm³/mol. The Bertz CT molecular complexity index is 694. The number of aromatic nitrogens is 2. The second-order valence-corrected chi connectivity index (χ2v) is 5.43. The molecule has 2 aromatic heterocycles. The number of hydrogen-bond donors (Lipinski definition) is 2. The fraction of sp³-hybridized carbons (Fsp3) is 0.0667. The molecule has 2 heterocycles. The van der Waals surface area contributed by atoms with E-state index >= 15 is 0 Å². The molecule has 0 radical (unpaired) electrons. The summed E-state index contributed by atoms with van der Waals surface area (Å²) in [5, 5.41) is 3.94. The van der Waals surface area contributed by atoms with Gasteiger partial charge in [0.15, 0.2) is 5.13 Å². The van der Waals surface area contributed by atoms with Gasteiger partial charge in [-0.15, -0.1) is 0 Å². The minimum Gasteiger partial charge on any atom is -0.380 e. The fourth-order valence-electron chi connectivity index (χ4n) is 1.89. The number of nitrogens with one attached hydrogen (secondary N) is 1. The molecule has 20 heavy (non-hydrogen) atoms. The molecule has 0 spiro atoms. The van der Waals surface area contributed by atoms with Crippen molar-refractivity contribution in [2.24, 2.45) is 0 Å². The quantitative estimate of drug-likeness (QED) is 0.770. The van der Waals surface area contributed by atoms with Crippen LogP contribution in [0.5, 0.6) is 0 Å². The van der Waals surface area contributed by atoms with Crippen molar-refractivity contribution >= 4 is 22.2 Å². The molecule has 0 bridgehead atoms. The SMILES string of the molecule is Nc1ncc(-c2cncc(NCc3ccccc3)c2)s1. The molecule has 0 saturated carbocycles. The van der Waals surface area contributed by atoms with Gasteiger partial charge in [-0.05, 0) is 11.6 Å². The van der Waals surface area contributed by atoms with E-state index in [1.165, 1.54) is 16.9 Å². The van der Waals surface area contributed by atoms with Crippen molar-refractivity contribution in [1.82, 2.24) is 9.97 Å². The van der Waals surface area contributed by atoms with E-state index in [2.05, 4.69) is 33.5 Å². The second-order valence-electron chi connectivity index (χ2n) is 4.36. The maximum atomic E-state index is 5.66. The molecule has 100 valence electrons. The van der Waals surface area contributed by atoms with E-state index < -0.39 is 0 Å². The Morgan fingerprint density at radius 3 is 2.70 bits per heavy atom. The highest BCUT2D eigenvalue weighted by atomic mass is 32.1. The van der Waals surface area contributed by atoms with Gasteiger partial charge in [0.05, 0.1) is 10.6 Å². The summed E-state index contributed by atoms with van der Waals surface area (Å²) in [5.74, 6) is 0. The number of nitrogen functional groups attached to an aromatic ring is 1. The Balaban J connectivity index is 1.75. The molecule has 3 rings (SSSR count). The smallest absolute Gasteiger partial charge is 0.180 e. The molecular weight excluding hydrogens is 268 g/mol. The summed E-state index contributed by atoms with van der Waals surface area (Å²) in [4.78, 5) is 9.35. The van der Waals surface area contributed by atoms with Crippen molar-refractivity contribution in [3.05, 3.63) is 60.6 Å². The van der Waals surface area contributed by atoms with E-state index in [9.17, 15) is 0 Å². The van der Waals surface area contributed by atoms with Crippen LogP contribution in [-0.2, 0) is 6.54 Å². The van der Waals surface area contributed by atoms with Crippen molar-refractivity contribution < 1.29 is 0 Å². The Morgan fingerprint density at radius 1 is 1.10 bits per heavy atom. The van der Waals surface area contributed by atoms with Crippen LogP contribution in [0.3, 0.4) is 0 Å². The molecule has 4 nitrogen and oxygen atoms in total. The van der Waals surface area contributed by atoms with Crippen LogP contribution < -0.4 is 11.1 Å². The minimum absolute atomic E-state index is 0.572. The number of rotatable bonds is 4. The number of anilines is 2. The van der Waals surface area contributed by atoms with Crippen molar-refractivity contribution in [3.8, 4) is 10.4 Å². The zero-order valence-electron chi connectivity index (χ0n) is 10.8. The van der Waals surface area contributed by atoms with Crippen molar-refractivity contribution in [1.29, 1.82) is 0 Å². The highest BCUT2D eigenvalue weighted by Crippen LogP contribution is 2.28. The Morgan fingerprint density at radius 2 is 1.95 bits per heavy atom. The first kappa shape index (κ1) is 12.6. The van der Waals surface area contributed by atoms with Crippen molar-refractivity contribution in [2.75, 3.05) is 11.1 Å². The summed E-state index contributed by atoms with van der Waals surface area (Å²) >= 11 is 1.46. The summed E-state index contributed by atoms with van der Waals surface area (Å²) in [6, 6.07) is 12.3. The van der Waals surface area contributed by atoms with Crippen LogP contribution in [-0.4, -0.2) is 9.97 Å². The van der Waals surface area contributed by atoms with Crippen molar-refractivity contribution in [2.45, 2.75) is 6.54 Å². The lowest BCUT2D eigenvalue weighted by atomic mass is 10.2. The van der Waals surface area contributed by atoms with Crippen LogP contribution in [0, 0.1) is 0 Å². The third kappa shape index (κ3) is 2.95. The first-order valence-electron chi connectivity index (χ1n) is 6.26. The van der Waals surface area contributed by atoms with Gasteiger partial charge in [0, 0.05) is 30.7 Å². The van der Waals surface area contributed by atoms with E-state index in [0.717, 1.165) is 22.7 Å². The van der Waals surface area contributed by atoms with E-state index in [-0.39, 0.29) is 0 Å². The maximum Gasteiger partial charge on any atom is 0.180 e. The highest BCUT2D eigenvalue weighted by Gasteiger charge is 2.04. The zero-order chi connectivity index (χ0) is 13.8. The third-order valence-corrected chi connectivity index (χ3v) is 3.76. The molecule has 0 aliphatic heterocycles. The van der Waals surface area contributed by atoms with Gasteiger partial charge in [-0.2, -0.15) is 0 Å². The van der Waals surface area contributed by atoms with Gasteiger partial charge in [-0.1, -0.05) is 41.7 Å². The number of nitrogens with two attached hydrogens (primary N) is 1. The van der Waals surface area contributed by atoms with Gasteiger partial charge < -0.3 is 11.1 Å². The highest BCUT2D eigenvalue weighted by molar-refractivity contribution is 7.18. The van der Waals surface area contributed by atoms with E-state index in [1.807, 2.05) is 30.6 Å². The summed E-state index contributed by atoms with van der Waals surface area (Å²) in [7, 11) is 0. The Kier molecular flexibility index (Phi) is 3.60. The lowest BCUT2D eigenvalue weighted by Crippen LogP contribution is -1.99. The zero-order valence-corrected chi connectivity index (χ0v) is 11.6. The van der Waals surface area contributed by atoms with E-state index in [1.54, 1.807) is 6.20 Å². The number of hydrogen-bond acceptors (Lipinski definition) is 5. The fourth-order valence-corrected chi connectivity index (χ4v) is 2.56. The van der Waals surface area contributed by atoms with E-state index in [0.29, 0.717) is 5.13 Å². The van der Waals surface area contributed by atoms with Crippen LogP contribution in [0.25, 0.3) is 10.4 Å². The van der Waals surface area contributed by atoms with Gasteiger partial charge in [0.2, 0.25) is 0 Å². The largest absolute Gasteiger partial charge is 0.380 e. The van der Waals surface area contributed by atoms with Crippen LogP contribution in [0.2, 0.25) is 0 Å². The average Bonchev–Trinajstić information content (AvgIpc) is 2.93. The molecule has 3 aromatic rings. The maximum absolute atomic E-state index is 5.66. The number of benzene rings is 1. The standard InChI is InChI=1S/C15H14N4S/c16-15-19-10-14(20-15)12-6-13(9-17-8-12)18-7-11-4-2-1-3-5-11/h1-6,8-10,18H,7H2,(H2,16,19). The molecule has 1 aromatic carbocycles. The molecule has 0 aliphatic rings. The lowest BCUT2D eigenvalue weighted by molar-refractivity contribution is 1.14. The Labute approximate surface area is 121 Å². The molecule has 0 amide bonds. The normalized spacial score (nSPS) is 10.4. The van der Waals surface area contributed by atoms with Gasteiger partial charge in [0.25, 0.3) is 0 Å². The van der Waals surface area contributed by atoms with E-state index in [4.69, 9.17) is 5.73 Å². The molecule has 0 aliphatic carbocycles. The second kappa shape index (κ2) is 5.71. The summed E-state index contributed by atoms with van der Waals surface area (Å²) in [6.07, 6.45) is 5.41. The summed E-state index contributed by atoms with van der Waals surface area (Å²) < 4.78 is 0. The molecule has 5 heteroatoms. The number of nitrogens with zero attached hydrogens (tertiary/aromatic N) is 2. The minimum atomic E-state index is 0.572. The van der Waals surface area contributed by atoms with Gasteiger partial charge in [-0.25, -0.2) is 4.98 Å². The molecule has 0 fully saturated rings. The number of pyridine rings is 1. The van der Waals surface area contributed by atoms with Crippen molar-refractivity contribution in [3.63, 3.8) is 0 Å². The monoisotopic (exact) mass is 282 g/mol. The predicted octanol–water partition coefficient (Wildman–Crippen LogP) is 3.40. The van der Waals surface area contributed by atoms with Crippen LogP contribution in [0.4, 0.5) is 10.8 Å². The Hall–Kier alpha value is -2.40. The first-order chi connectivity index (χ1) is 9.81. The third-order valence-electron chi connectivity index (χ3n) is 2.89.